The predicted octanol–water partition coefficient (Wildman–Crippen LogP) is 7.59. The molecular weight excluding hydrogens is 574 g/mol. The van der Waals surface area contributed by atoms with Crippen LogP contribution in [0.5, 0.6) is 17.2 Å². The summed E-state index contributed by atoms with van der Waals surface area (Å²) in [6, 6.07) is 20.6. The summed E-state index contributed by atoms with van der Waals surface area (Å²) in [6.07, 6.45) is -0.916. The molecular formula is C30H29N5O5S2. The van der Waals surface area contributed by atoms with E-state index in [4.69, 9.17) is 29.7 Å². The van der Waals surface area contributed by atoms with Gasteiger partial charge in [0.2, 0.25) is 5.75 Å². The summed E-state index contributed by atoms with van der Waals surface area (Å²) in [6.45, 7) is 1.83. The maximum atomic E-state index is 12.5. The average molecular weight is 604 g/mol. The first-order valence-electron chi connectivity index (χ1n) is 12.8. The number of ether oxygens (including phenoxy) is 4. The van der Waals surface area contributed by atoms with Gasteiger partial charge in [-0.2, -0.15) is 0 Å². The Morgan fingerprint density at radius 2 is 1.64 bits per heavy atom. The lowest BCUT2D eigenvalue weighted by Crippen LogP contribution is -2.16. The number of amides is 1. The minimum atomic E-state index is -0.535. The van der Waals surface area contributed by atoms with Gasteiger partial charge in [-0.15, -0.1) is 11.3 Å². The van der Waals surface area contributed by atoms with Crippen molar-refractivity contribution in [1.82, 2.24) is 9.97 Å². The van der Waals surface area contributed by atoms with Gasteiger partial charge in [0.05, 0.1) is 27.0 Å². The van der Waals surface area contributed by atoms with E-state index >= 15 is 0 Å². The second kappa shape index (κ2) is 12.8. The summed E-state index contributed by atoms with van der Waals surface area (Å²) in [7, 11) is 4.67. The number of nitrogen functional groups attached to an aromatic ring is 1. The molecule has 0 spiro atoms. The molecule has 4 N–H and O–H groups in total. The molecule has 0 aliphatic carbocycles. The lowest BCUT2D eigenvalue weighted by molar-refractivity contribution is 0.121. The number of rotatable bonds is 10. The lowest BCUT2D eigenvalue weighted by Gasteiger charge is -2.14. The topological polar surface area (TPSA) is 130 Å². The molecule has 0 bridgehead atoms. The molecule has 0 saturated carbocycles. The van der Waals surface area contributed by atoms with Crippen molar-refractivity contribution >= 4 is 51.1 Å². The molecule has 10 nitrogen and oxygen atoms in total. The first-order chi connectivity index (χ1) is 20.4. The van der Waals surface area contributed by atoms with Gasteiger partial charge in [-0.3, -0.25) is 5.32 Å². The highest BCUT2D eigenvalue weighted by atomic mass is 32.1. The first kappa shape index (κ1) is 28.7. The van der Waals surface area contributed by atoms with Crippen LogP contribution in [0.4, 0.5) is 27.1 Å². The highest BCUT2D eigenvalue weighted by Gasteiger charge is 2.18. The number of methoxy groups -OCH3 is 3. The number of nitrogens with two attached hydrogens (primary N) is 1. The van der Waals surface area contributed by atoms with E-state index in [1.165, 1.54) is 22.7 Å². The Bertz CT molecular complexity index is 1660. The highest BCUT2D eigenvalue weighted by Crippen LogP contribution is 2.43. The molecule has 1 atom stereocenters. The third kappa shape index (κ3) is 6.40. The molecule has 0 saturated heterocycles. The summed E-state index contributed by atoms with van der Waals surface area (Å²) < 4.78 is 21.8. The molecule has 42 heavy (non-hydrogen) atoms. The van der Waals surface area contributed by atoms with Gasteiger partial charge in [0.25, 0.3) is 0 Å². The molecule has 12 heteroatoms. The minimum absolute atomic E-state index is 0.363. The molecule has 0 aliphatic rings. The van der Waals surface area contributed by atoms with Crippen LogP contribution in [0.15, 0.2) is 72.1 Å². The van der Waals surface area contributed by atoms with Crippen LogP contribution in [0, 0.1) is 0 Å². The van der Waals surface area contributed by atoms with Gasteiger partial charge in [-0.05, 0) is 24.6 Å². The Kier molecular flexibility index (Phi) is 8.74. The van der Waals surface area contributed by atoms with Crippen LogP contribution in [0.1, 0.15) is 18.6 Å². The Morgan fingerprint density at radius 1 is 0.905 bits per heavy atom. The first-order valence-corrected chi connectivity index (χ1v) is 14.5. The maximum Gasteiger partial charge on any atom is 0.412 e. The van der Waals surface area contributed by atoms with Crippen molar-refractivity contribution in [3.05, 3.63) is 77.7 Å². The Morgan fingerprint density at radius 3 is 2.33 bits per heavy atom. The number of anilines is 4. The molecule has 1 amide bonds. The molecule has 0 radical (unpaired) electrons. The van der Waals surface area contributed by atoms with Gasteiger partial charge in [0, 0.05) is 34.5 Å². The molecule has 2 heterocycles. The second-order valence-electron chi connectivity index (χ2n) is 8.97. The molecule has 5 rings (SSSR count). The normalized spacial score (nSPS) is 11.4. The van der Waals surface area contributed by atoms with Gasteiger partial charge >= 0.3 is 6.09 Å². The zero-order chi connectivity index (χ0) is 29.6. The molecule has 0 fully saturated rings. The van der Waals surface area contributed by atoms with Gasteiger partial charge in [-0.25, -0.2) is 14.8 Å². The summed E-state index contributed by atoms with van der Waals surface area (Å²) in [5, 5.41) is 9.32. The van der Waals surface area contributed by atoms with Crippen LogP contribution < -0.4 is 30.6 Å². The number of nitrogens with one attached hydrogen (secondary N) is 2. The van der Waals surface area contributed by atoms with Crippen LogP contribution in [-0.2, 0) is 4.74 Å². The molecule has 1 unspecified atom stereocenters. The largest absolute Gasteiger partial charge is 0.493 e. The van der Waals surface area contributed by atoms with Crippen molar-refractivity contribution in [2.45, 2.75) is 13.0 Å². The smallest absolute Gasteiger partial charge is 0.412 e. The molecule has 2 aromatic heterocycles. The summed E-state index contributed by atoms with van der Waals surface area (Å²) >= 11 is 2.84. The number of hydrogen-bond acceptors (Lipinski definition) is 11. The Hall–Kier alpha value is -4.81. The van der Waals surface area contributed by atoms with Crippen molar-refractivity contribution in [2.75, 3.05) is 37.7 Å². The number of hydrogen-bond donors (Lipinski definition) is 3. The SMILES string of the molecule is COc1cc(Nc2nc(N)c(-c3nc(-c4cccc(NC(=O)OC(C)c5ccccc5)c4)cs3)s2)cc(OC)c1OC. The zero-order valence-corrected chi connectivity index (χ0v) is 25.0. The molecule has 216 valence electrons. The minimum Gasteiger partial charge on any atom is -0.493 e. The van der Waals surface area contributed by atoms with Gasteiger partial charge in [0.1, 0.15) is 21.8 Å². The third-order valence-corrected chi connectivity index (χ3v) is 8.21. The van der Waals surface area contributed by atoms with E-state index in [2.05, 4.69) is 15.6 Å². The number of carbonyl (C=O) groups is 1. The highest BCUT2D eigenvalue weighted by molar-refractivity contribution is 7.23. The van der Waals surface area contributed by atoms with E-state index < -0.39 is 6.09 Å². The number of thiazole rings is 2. The van der Waals surface area contributed by atoms with Crippen molar-refractivity contribution in [1.29, 1.82) is 0 Å². The summed E-state index contributed by atoms with van der Waals surface area (Å²) in [4.78, 5) is 22.5. The standard InChI is InChI=1S/C30H29N5O5S2/c1-17(18-9-6-5-7-10-18)40-30(36)33-20-12-8-11-19(13-20)22-16-41-28(34-22)26-27(31)35-29(42-26)32-21-14-23(37-2)25(39-4)24(15-21)38-3/h5-17H,31H2,1-4H3,(H,32,35)(H,33,36). The average Bonchev–Trinajstić information content (AvgIpc) is 3.63. The van der Waals surface area contributed by atoms with Crippen molar-refractivity contribution in [2.24, 2.45) is 0 Å². The van der Waals surface area contributed by atoms with Gasteiger partial charge < -0.3 is 30.0 Å². The number of benzene rings is 3. The molecule has 0 aliphatic heterocycles. The number of nitrogens with zero attached hydrogens (tertiary/aromatic N) is 2. The fourth-order valence-corrected chi connectivity index (χ4v) is 6.02. The number of aromatic nitrogens is 2. The Labute approximate surface area is 251 Å². The Balaban J connectivity index is 1.29. The van der Waals surface area contributed by atoms with Crippen LogP contribution in [0.2, 0.25) is 0 Å². The quantitative estimate of drug-likeness (QED) is 0.148. The van der Waals surface area contributed by atoms with E-state index in [1.54, 1.807) is 39.5 Å². The third-order valence-electron chi connectivity index (χ3n) is 6.23. The monoisotopic (exact) mass is 603 g/mol. The van der Waals surface area contributed by atoms with E-state index in [-0.39, 0.29) is 6.10 Å². The van der Waals surface area contributed by atoms with Crippen LogP contribution in [-0.4, -0.2) is 37.4 Å². The second-order valence-corrected chi connectivity index (χ2v) is 10.8. The van der Waals surface area contributed by atoms with Crippen LogP contribution in [0.3, 0.4) is 0 Å². The molecule has 5 aromatic rings. The van der Waals surface area contributed by atoms with Crippen LogP contribution >= 0.6 is 22.7 Å². The fraction of sp³-hybridized carbons (Fsp3) is 0.167. The van der Waals surface area contributed by atoms with E-state index in [9.17, 15) is 4.79 Å². The van der Waals surface area contributed by atoms with Crippen molar-refractivity contribution in [3.8, 4) is 38.4 Å². The van der Waals surface area contributed by atoms with E-state index in [0.29, 0.717) is 39.6 Å². The summed E-state index contributed by atoms with van der Waals surface area (Å²) in [5.41, 5.74) is 10.1. The maximum absolute atomic E-state index is 12.5. The lowest BCUT2D eigenvalue weighted by atomic mass is 10.1. The van der Waals surface area contributed by atoms with Crippen LogP contribution in [0.25, 0.3) is 21.1 Å². The van der Waals surface area contributed by atoms with Crippen molar-refractivity contribution < 1.29 is 23.7 Å². The number of carbonyl (C=O) groups excluding carboxylic acids is 1. The predicted molar refractivity (Wildman–Crippen MR) is 167 cm³/mol. The fourth-order valence-electron chi connectivity index (χ4n) is 4.18. The van der Waals surface area contributed by atoms with E-state index in [1.807, 2.05) is 60.8 Å². The van der Waals surface area contributed by atoms with E-state index in [0.717, 1.165) is 26.7 Å². The van der Waals surface area contributed by atoms with Gasteiger partial charge in [0.15, 0.2) is 16.6 Å². The van der Waals surface area contributed by atoms with Crippen molar-refractivity contribution in [3.63, 3.8) is 0 Å². The zero-order valence-electron chi connectivity index (χ0n) is 23.3. The molecule has 3 aromatic carbocycles. The van der Waals surface area contributed by atoms with Gasteiger partial charge in [-0.1, -0.05) is 53.8 Å². The summed E-state index contributed by atoms with van der Waals surface area (Å²) in [5.74, 6) is 1.90.